The molecule has 0 bridgehead atoms. The third kappa shape index (κ3) is 9.00. The van der Waals surface area contributed by atoms with Gasteiger partial charge in [-0.2, -0.15) is 0 Å². The van der Waals surface area contributed by atoms with Gasteiger partial charge in [0, 0.05) is 43.3 Å². The Hall–Kier alpha value is -4.02. The standard InChI is InChI=1S/C35H36N2O6S/c38-22-24-13-15-26(16-14-24)31-20-30(23-44-33-11-1-2-17-36-33)42-35(43-31)29-9-4-8-28(19-29)27-7-3-6-25(18-27)21-37-32(39)10-5-12-34(40)41/h1-4,6-9,11,13-19,30-31,35,38H,5,10,12,20-23H2,(H,37,39)(H,40,41)/t30-,31+,35+/m1/s1. The number of aliphatic carboxylic acids is 1. The summed E-state index contributed by atoms with van der Waals surface area (Å²) in [6.07, 6.45) is 2.14. The van der Waals surface area contributed by atoms with Gasteiger partial charge in [-0.3, -0.25) is 9.59 Å². The second-order valence-electron chi connectivity index (χ2n) is 10.7. The van der Waals surface area contributed by atoms with Crippen molar-refractivity contribution in [2.75, 3.05) is 5.75 Å². The summed E-state index contributed by atoms with van der Waals surface area (Å²) in [5.74, 6) is -0.337. The van der Waals surface area contributed by atoms with Crippen molar-refractivity contribution in [3.63, 3.8) is 0 Å². The van der Waals surface area contributed by atoms with E-state index in [2.05, 4.69) is 16.4 Å². The molecule has 0 aliphatic carbocycles. The average molecular weight is 613 g/mol. The summed E-state index contributed by atoms with van der Waals surface area (Å²) in [6, 6.07) is 29.8. The number of carboxylic acid groups (broad SMARTS) is 1. The first-order valence-corrected chi connectivity index (χ1v) is 15.7. The molecule has 5 rings (SSSR count). The van der Waals surface area contributed by atoms with Gasteiger partial charge in [-0.05, 0) is 58.5 Å². The summed E-state index contributed by atoms with van der Waals surface area (Å²) in [6.45, 7) is 0.356. The number of nitrogens with zero attached hydrogens (tertiary/aromatic N) is 1. The Morgan fingerprint density at radius 3 is 2.41 bits per heavy atom. The van der Waals surface area contributed by atoms with E-state index in [1.807, 2.05) is 84.9 Å². The highest BCUT2D eigenvalue weighted by molar-refractivity contribution is 7.99. The van der Waals surface area contributed by atoms with Crippen molar-refractivity contribution in [2.24, 2.45) is 0 Å². The van der Waals surface area contributed by atoms with Gasteiger partial charge >= 0.3 is 5.97 Å². The molecule has 1 saturated heterocycles. The van der Waals surface area contributed by atoms with E-state index in [0.29, 0.717) is 19.4 Å². The second-order valence-corrected chi connectivity index (χ2v) is 11.7. The fraction of sp³-hybridized carbons (Fsp3) is 0.286. The molecule has 8 nitrogen and oxygen atoms in total. The summed E-state index contributed by atoms with van der Waals surface area (Å²) in [4.78, 5) is 27.3. The number of pyridine rings is 1. The van der Waals surface area contributed by atoms with E-state index in [4.69, 9.17) is 14.6 Å². The summed E-state index contributed by atoms with van der Waals surface area (Å²) >= 11 is 1.66. The molecule has 0 unspecified atom stereocenters. The molecule has 9 heteroatoms. The van der Waals surface area contributed by atoms with E-state index in [-0.39, 0.29) is 37.6 Å². The van der Waals surface area contributed by atoms with Gasteiger partial charge in [-0.15, -0.1) is 11.8 Å². The van der Waals surface area contributed by atoms with Crippen LogP contribution in [0.2, 0.25) is 0 Å². The molecule has 3 aromatic carbocycles. The lowest BCUT2D eigenvalue weighted by Crippen LogP contribution is -2.31. The van der Waals surface area contributed by atoms with Crippen LogP contribution in [0.4, 0.5) is 0 Å². The SMILES string of the molecule is O=C(O)CCCC(=O)NCc1cccc(-c2cccc([C@H]3O[C@@H](CSc4ccccn4)C[C@@H](c4ccc(CO)cc4)O3)c2)c1. The summed E-state index contributed by atoms with van der Waals surface area (Å²) in [7, 11) is 0. The Labute approximate surface area is 261 Å². The summed E-state index contributed by atoms with van der Waals surface area (Å²) in [5.41, 5.74) is 5.74. The first-order chi connectivity index (χ1) is 21.5. The van der Waals surface area contributed by atoms with Crippen LogP contribution in [-0.2, 0) is 32.2 Å². The van der Waals surface area contributed by atoms with Gasteiger partial charge in [0.25, 0.3) is 0 Å². The molecule has 1 aromatic heterocycles. The van der Waals surface area contributed by atoms with Crippen LogP contribution in [0.5, 0.6) is 0 Å². The molecule has 1 fully saturated rings. The monoisotopic (exact) mass is 612 g/mol. The second kappa shape index (κ2) is 15.6. The minimum atomic E-state index is -0.900. The number of aliphatic hydroxyl groups excluding tert-OH is 1. The number of carbonyl (C=O) groups excluding carboxylic acids is 1. The first-order valence-electron chi connectivity index (χ1n) is 14.7. The normalized spacial score (nSPS) is 18.1. The molecular formula is C35H36N2O6S. The van der Waals surface area contributed by atoms with Crippen molar-refractivity contribution in [1.29, 1.82) is 0 Å². The number of benzene rings is 3. The minimum Gasteiger partial charge on any atom is -0.481 e. The van der Waals surface area contributed by atoms with Crippen LogP contribution in [-0.4, -0.2) is 38.9 Å². The van der Waals surface area contributed by atoms with Crippen LogP contribution < -0.4 is 5.32 Å². The van der Waals surface area contributed by atoms with Crippen LogP contribution in [0.25, 0.3) is 11.1 Å². The number of nitrogens with one attached hydrogen (secondary N) is 1. The van der Waals surface area contributed by atoms with Crippen LogP contribution in [0, 0.1) is 0 Å². The predicted molar refractivity (Wildman–Crippen MR) is 169 cm³/mol. The van der Waals surface area contributed by atoms with Crippen molar-refractivity contribution in [1.82, 2.24) is 10.3 Å². The minimum absolute atomic E-state index is 0.00592. The zero-order chi connectivity index (χ0) is 30.7. The van der Waals surface area contributed by atoms with Gasteiger partial charge in [0.1, 0.15) is 0 Å². The molecule has 0 radical (unpaired) electrons. The van der Waals surface area contributed by atoms with Crippen molar-refractivity contribution >= 4 is 23.6 Å². The molecule has 1 aliphatic heterocycles. The van der Waals surface area contributed by atoms with Crippen LogP contribution in [0.15, 0.2) is 102 Å². The van der Waals surface area contributed by atoms with E-state index in [0.717, 1.165) is 44.2 Å². The maximum atomic E-state index is 12.1. The highest BCUT2D eigenvalue weighted by atomic mass is 32.2. The molecule has 0 spiro atoms. The lowest BCUT2D eigenvalue weighted by molar-refractivity contribution is -0.245. The molecule has 1 aliphatic rings. The zero-order valence-electron chi connectivity index (χ0n) is 24.3. The number of amides is 1. The summed E-state index contributed by atoms with van der Waals surface area (Å²) in [5, 5.41) is 22.1. The van der Waals surface area contributed by atoms with Crippen LogP contribution in [0.3, 0.4) is 0 Å². The Morgan fingerprint density at radius 2 is 1.66 bits per heavy atom. The quantitative estimate of drug-likeness (QED) is 0.148. The molecule has 1 amide bonds. The molecular weight excluding hydrogens is 576 g/mol. The first kappa shape index (κ1) is 31.4. The molecule has 4 aromatic rings. The van der Waals surface area contributed by atoms with Gasteiger partial charge in [-0.1, -0.05) is 66.7 Å². The number of carbonyl (C=O) groups is 2. The maximum absolute atomic E-state index is 12.1. The van der Waals surface area contributed by atoms with Crippen molar-refractivity contribution in [2.45, 2.75) is 62.4 Å². The lowest BCUT2D eigenvalue weighted by Gasteiger charge is -2.36. The van der Waals surface area contributed by atoms with Gasteiger partial charge in [0.2, 0.25) is 5.91 Å². The van der Waals surface area contributed by atoms with Gasteiger partial charge in [-0.25, -0.2) is 4.98 Å². The Morgan fingerprint density at radius 1 is 0.864 bits per heavy atom. The number of aliphatic hydroxyl groups is 1. The predicted octanol–water partition coefficient (Wildman–Crippen LogP) is 6.45. The van der Waals surface area contributed by atoms with E-state index in [1.54, 1.807) is 18.0 Å². The van der Waals surface area contributed by atoms with E-state index in [1.165, 1.54) is 0 Å². The van der Waals surface area contributed by atoms with E-state index < -0.39 is 12.3 Å². The highest BCUT2D eigenvalue weighted by Crippen LogP contribution is 2.40. The van der Waals surface area contributed by atoms with Crippen molar-refractivity contribution in [3.8, 4) is 11.1 Å². The molecule has 44 heavy (non-hydrogen) atoms. The molecule has 3 N–H and O–H groups in total. The topological polar surface area (TPSA) is 118 Å². The lowest BCUT2D eigenvalue weighted by atomic mass is 9.99. The van der Waals surface area contributed by atoms with Crippen molar-refractivity contribution in [3.05, 3.63) is 119 Å². The zero-order valence-corrected chi connectivity index (χ0v) is 25.1. The number of aromatic nitrogens is 1. The van der Waals surface area contributed by atoms with E-state index in [9.17, 15) is 14.7 Å². The van der Waals surface area contributed by atoms with Gasteiger partial charge in [0.15, 0.2) is 6.29 Å². The smallest absolute Gasteiger partial charge is 0.303 e. The number of carboxylic acids is 1. The average Bonchev–Trinajstić information content (AvgIpc) is 3.07. The van der Waals surface area contributed by atoms with E-state index >= 15 is 0 Å². The molecule has 228 valence electrons. The largest absolute Gasteiger partial charge is 0.481 e. The number of ether oxygens (including phenoxy) is 2. The van der Waals surface area contributed by atoms with Crippen LogP contribution >= 0.6 is 11.8 Å². The Kier molecular flexibility index (Phi) is 11.2. The van der Waals surface area contributed by atoms with Gasteiger partial charge in [0.05, 0.1) is 23.8 Å². The van der Waals surface area contributed by atoms with Crippen LogP contribution in [0.1, 0.15) is 60.3 Å². The highest BCUT2D eigenvalue weighted by Gasteiger charge is 2.32. The molecule has 2 heterocycles. The number of rotatable bonds is 13. The molecule has 0 saturated carbocycles. The Balaban J connectivity index is 1.30. The fourth-order valence-electron chi connectivity index (χ4n) is 5.05. The third-order valence-corrected chi connectivity index (χ3v) is 8.45. The number of hydrogen-bond acceptors (Lipinski definition) is 7. The van der Waals surface area contributed by atoms with Gasteiger partial charge < -0.3 is 25.0 Å². The fourth-order valence-corrected chi connectivity index (χ4v) is 5.93. The Bertz CT molecular complexity index is 1530. The number of hydrogen-bond donors (Lipinski definition) is 3. The maximum Gasteiger partial charge on any atom is 0.303 e. The van der Waals surface area contributed by atoms with Crippen molar-refractivity contribution < 1.29 is 29.3 Å². The summed E-state index contributed by atoms with van der Waals surface area (Å²) < 4.78 is 13.1. The number of thioether (sulfide) groups is 1. The molecule has 3 atom stereocenters. The third-order valence-electron chi connectivity index (χ3n) is 7.37.